The Kier molecular flexibility index (Phi) is 1.20. The van der Waals surface area contributed by atoms with Crippen molar-refractivity contribution < 1.29 is 9.47 Å². The standard InChI is InChI=1S/C13H10O2/c1-7-12(14-7)9-4-2-3-8-5-6-10-13(15-10)11(8)9/h2-7,12H,1H3. The summed E-state index contributed by atoms with van der Waals surface area (Å²) < 4.78 is 11.0. The predicted octanol–water partition coefficient (Wildman–Crippen LogP) is 3.41. The van der Waals surface area contributed by atoms with E-state index in [0.29, 0.717) is 6.10 Å². The molecule has 2 unspecified atom stereocenters. The molecule has 2 heteroatoms. The second-order valence-corrected chi connectivity index (χ2v) is 4.20. The molecule has 1 fully saturated rings. The first-order valence-corrected chi connectivity index (χ1v) is 5.23. The Morgan fingerprint density at radius 1 is 1.13 bits per heavy atom. The van der Waals surface area contributed by atoms with Gasteiger partial charge in [-0.15, -0.1) is 0 Å². The van der Waals surface area contributed by atoms with Gasteiger partial charge in [0.15, 0.2) is 11.5 Å². The summed E-state index contributed by atoms with van der Waals surface area (Å²) in [6.07, 6.45) is 0.620. The molecule has 0 amide bonds. The molecule has 0 bridgehead atoms. The zero-order valence-electron chi connectivity index (χ0n) is 8.36. The molecule has 2 heterocycles. The van der Waals surface area contributed by atoms with Crippen LogP contribution in [0.15, 0.2) is 30.3 Å². The minimum atomic E-state index is 0.268. The Bertz CT molecular complexity index is 574. The fourth-order valence-electron chi connectivity index (χ4n) is 2.27. The molecule has 74 valence electrons. The molecule has 2 aromatic carbocycles. The van der Waals surface area contributed by atoms with Crippen LogP contribution in [-0.2, 0) is 4.74 Å². The molecule has 15 heavy (non-hydrogen) atoms. The molecule has 2 atom stereocenters. The van der Waals surface area contributed by atoms with E-state index in [-0.39, 0.29) is 6.10 Å². The quantitative estimate of drug-likeness (QED) is 0.560. The topological polar surface area (TPSA) is 25.1 Å². The van der Waals surface area contributed by atoms with Crippen molar-refractivity contribution in [2.24, 2.45) is 0 Å². The molecule has 0 aliphatic carbocycles. The van der Waals surface area contributed by atoms with Crippen molar-refractivity contribution >= 4 is 10.8 Å². The van der Waals surface area contributed by atoms with E-state index in [1.165, 1.54) is 16.3 Å². The zero-order chi connectivity index (χ0) is 9.99. The number of benzene rings is 2. The summed E-state index contributed by atoms with van der Waals surface area (Å²) in [5.74, 6) is 2.06. The Balaban J connectivity index is 2.05. The Morgan fingerprint density at radius 3 is 2.80 bits per heavy atom. The Hall–Kier alpha value is -1.54. The summed E-state index contributed by atoms with van der Waals surface area (Å²) in [4.78, 5) is 0. The van der Waals surface area contributed by atoms with Gasteiger partial charge in [0.25, 0.3) is 0 Å². The van der Waals surface area contributed by atoms with Gasteiger partial charge in [0.2, 0.25) is 0 Å². The van der Waals surface area contributed by atoms with Crippen LogP contribution in [0.5, 0.6) is 11.5 Å². The number of ether oxygens (including phenoxy) is 2. The van der Waals surface area contributed by atoms with Gasteiger partial charge in [-0.25, -0.2) is 0 Å². The first-order chi connectivity index (χ1) is 7.34. The van der Waals surface area contributed by atoms with Crippen LogP contribution in [0.25, 0.3) is 10.8 Å². The maximum absolute atomic E-state index is 5.53. The zero-order valence-corrected chi connectivity index (χ0v) is 8.36. The summed E-state index contributed by atoms with van der Waals surface area (Å²) >= 11 is 0. The van der Waals surface area contributed by atoms with Crippen molar-refractivity contribution in [3.63, 3.8) is 0 Å². The second-order valence-electron chi connectivity index (χ2n) is 4.20. The average Bonchev–Trinajstić information content (AvgIpc) is 3.11. The summed E-state index contributed by atoms with van der Waals surface area (Å²) in [5.41, 5.74) is 1.27. The van der Waals surface area contributed by atoms with Gasteiger partial charge >= 0.3 is 0 Å². The highest BCUT2D eigenvalue weighted by molar-refractivity contribution is 5.97. The maximum atomic E-state index is 5.53. The number of fused-ring (bicyclic) bond motifs is 3. The van der Waals surface area contributed by atoms with Crippen molar-refractivity contribution in [3.05, 3.63) is 35.9 Å². The Labute approximate surface area is 87.4 Å². The monoisotopic (exact) mass is 198 g/mol. The molecule has 1 saturated heterocycles. The van der Waals surface area contributed by atoms with Crippen molar-refractivity contribution in [3.8, 4) is 11.5 Å². The number of epoxide rings is 1. The lowest BCUT2D eigenvalue weighted by Gasteiger charge is -2.00. The van der Waals surface area contributed by atoms with E-state index >= 15 is 0 Å². The van der Waals surface area contributed by atoms with Crippen LogP contribution < -0.4 is 4.74 Å². The molecular formula is C13H10O2. The van der Waals surface area contributed by atoms with Crippen LogP contribution in [0, 0.1) is 0 Å². The molecule has 0 aromatic heterocycles. The van der Waals surface area contributed by atoms with Crippen LogP contribution in [0.4, 0.5) is 0 Å². The highest BCUT2D eigenvalue weighted by atomic mass is 16.6. The highest BCUT2D eigenvalue weighted by Crippen LogP contribution is 2.54. The summed E-state index contributed by atoms with van der Waals surface area (Å²) in [7, 11) is 0. The summed E-state index contributed by atoms with van der Waals surface area (Å²) in [5, 5.41) is 2.48. The van der Waals surface area contributed by atoms with Gasteiger partial charge < -0.3 is 9.47 Å². The highest BCUT2D eigenvalue weighted by Gasteiger charge is 2.39. The van der Waals surface area contributed by atoms with E-state index in [2.05, 4.69) is 31.2 Å². The third-order valence-corrected chi connectivity index (χ3v) is 3.18. The van der Waals surface area contributed by atoms with Crippen LogP contribution in [0.1, 0.15) is 18.6 Å². The third kappa shape index (κ3) is 0.972. The normalized spacial score (nSPS) is 25.9. The molecule has 0 saturated carbocycles. The average molecular weight is 198 g/mol. The molecule has 0 radical (unpaired) electrons. The van der Waals surface area contributed by atoms with Crippen molar-refractivity contribution in [2.75, 3.05) is 0 Å². The summed E-state index contributed by atoms with van der Waals surface area (Å²) in [6, 6.07) is 10.5. The van der Waals surface area contributed by atoms with Gasteiger partial charge in [0.05, 0.1) is 6.10 Å². The Morgan fingerprint density at radius 2 is 2.00 bits per heavy atom. The van der Waals surface area contributed by atoms with Crippen LogP contribution in [0.3, 0.4) is 0 Å². The van der Waals surface area contributed by atoms with Crippen molar-refractivity contribution in [1.82, 2.24) is 0 Å². The molecule has 2 aliphatic rings. The number of hydrogen-bond donors (Lipinski definition) is 0. The minimum Gasteiger partial charge on any atom is -0.449 e. The van der Waals surface area contributed by atoms with Crippen LogP contribution in [0.2, 0.25) is 0 Å². The van der Waals surface area contributed by atoms with E-state index < -0.39 is 0 Å². The molecule has 0 spiro atoms. The van der Waals surface area contributed by atoms with Gasteiger partial charge in [-0.05, 0) is 23.9 Å². The largest absolute Gasteiger partial charge is 0.449 e. The van der Waals surface area contributed by atoms with E-state index in [4.69, 9.17) is 9.47 Å². The molecule has 2 aromatic rings. The van der Waals surface area contributed by atoms with Crippen molar-refractivity contribution in [1.29, 1.82) is 0 Å². The lowest BCUT2D eigenvalue weighted by Crippen LogP contribution is -1.84. The smallest absolute Gasteiger partial charge is 0.178 e. The van der Waals surface area contributed by atoms with Crippen molar-refractivity contribution in [2.45, 2.75) is 19.1 Å². The fraction of sp³-hybridized carbons (Fsp3) is 0.231. The van der Waals surface area contributed by atoms with E-state index in [9.17, 15) is 0 Å². The van der Waals surface area contributed by atoms with Crippen LogP contribution in [-0.4, -0.2) is 6.10 Å². The minimum absolute atomic E-state index is 0.268. The molecule has 4 rings (SSSR count). The molecule has 2 aliphatic heterocycles. The fourth-order valence-corrected chi connectivity index (χ4v) is 2.27. The first kappa shape index (κ1) is 7.71. The second kappa shape index (κ2) is 2.34. The van der Waals surface area contributed by atoms with Gasteiger partial charge in [-0.1, -0.05) is 24.3 Å². The third-order valence-electron chi connectivity index (χ3n) is 3.18. The number of rotatable bonds is 1. The van der Waals surface area contributed by atoms with E-state index in [1.54, 1.807) is 0 Å². The molecular weight excluding hydrogens is 188 g/mol. The lowest BCUT2D eigenvalue weighted by molar-refractivity contribution is 0.384. The van der Waals surface area contributed by atoms with E-state index in [0.717, 1.165) is 11.5 Å². The van der Waals surface area contributed by atoms with Gasteiger partial charge in [-0.2, -0.15) is 0 Å². The maximum Gasteiger partial charge on any atom is 0.178 e. The lowest BCUT2D eigenvalue weighted by atomic mass is 10.0. The molecule has 0 N–H and O–H groups in total. The van der Waals surface area contributed by atoms with Gasteiger partial charge in [0, 0.05) is 5.39 Å². The van der Waals surface area contributed by atoms with E-state index in [1.807, 2.05) is 6.07 Å². The van der Waals surface area contributed by atoms with Gasteiger partial charge in [0.1, 0.15) is 6.10 Å². The summed E-state index contributed by atoms with van der Waals surface area (Å²) in [6.45, 7) is 2.10. The van der Waals surface area contributed by atoms with Gasteiger partial charge in [-0.3, -0.25) is 0 Å². The predicted molar refractivity (Wildman–Crippen MR) is 57.3 cm³/mol. The van der Waals surface area contributed by atoms with Crippen LogP contribution >= 0.6 is 0 Å². The first-order valence-electron chi connectivity index (χ1n) is 5.23. The SMILES string of the molecule is CC1OC1c1cccc2ccc3c(c12)O3. The number of hydrogen-bond acceptors (Lipinski definition) is 2. The molecule has 2 nitrogen and oxygen atoms in total.